The van der Waals surface area contributed by atoms with E-state index in [-0.39, 0.29) is 41.8 Å². The fourth-order valence-corrected chi connectivity index (χ4v) is 5.15. The molecule has 0 aliphatic carbocycles. The van der Waals surface area contributed by atoms with Crippen molar-refractivity contribution in [2.45, 2.75) is 51.0 Å². The number of hydrogen-bond donors (Lipinski definition) is 4. The molecule has 0 radical (unpaired) electrons. The maximum Gasteiger partial charge on any atom is 0.255 e. The van der Waals surface area contributed by atoms with Gasteiger partial charge in [-0.1, -0.05) is 31.5 Å². The van der Waals surface area contributed by atoms with E-state index in [0.29, 0.717) is 13.2 Å². The first-order chi connectivity index (χ1) is 17.2. The molecule has 196 valence electrons. The summed E-state index contributed by atoms with van der Waals surface area (Å²) in [5.41, 5.74) is 2.31. The van der Waals surface area contributed by atoms with E-state index in [1.807, 2.05) is 26.0 Å². The number of nitrogens with one attached hydrogen (secondary N) is 1. The number of amides is 1. The number of aliphatic hydroxyl groups excluding tert-OH is 2. The van der Waals surface area contributed by atoms with Crippen molar-refractivity contribution in [2.24, 2.45) is 5.92 Å². The molecule has 2 aromatic rings. The van der Waals surface area contributed by atoms with Crippen molar-refractivity contribution in [3.8, 4) is 11.5 Å². The Hall–Kier alpha value is -2.36. The molecule has 1 spiro atoms. The minimum absolute atomic E-state index is 0.0309. The topological polar surface area (TPSA) is 111 Å². The highest BCUT2D eigenvalue weighted by Gasteiger charge is 2.42. The van der Waals surface area contributed by atoms with Crippen LogP contribution >= 0.6 is 11.6 Å². The molecule has 8 nitrogen and oxygen atoms in total. The zero-order valence-corrected chi connectivity index (χ0v) is 21.5. The van der Waals surface area contributed by atoms with Crippen LogP contribution in [0.3, 0.4) is 0 Å². The van der Waals surface area contributed by atoms with Crippen LogP contribution in [0.1, 0.15) is 48.2 Å². The van der Waals surface area contributed by atoms with Crippen LogP contribution in [0.5, 0.6) is 11.5 Å². The Labute approximate surface area is 216 Å². The molecule has 1 unspecified atom stereocenters. The number of benzene rings is 2. The highest BCUT2D eigenvalue weighted by molar-refractivity contribution is 6.30. The van der Waals surface area contributed by atoms with Crippen LogP contribution in [-0.4, -0.2) is 71.1 Å². The van der Waals surface area contributed by atoms with Crippen molar-refractivity contribution in [3.05, 3.63) is 58.1 Å². The number of aliphatic hydroxyl groups is 2. The average molecular weight is 519 g/mol. The number of piperidine rings is 1. The number of hydrogen-bond acceptors (Lipinski definition) is 7. The Balaban J connectivity index is 1.31. The first-order valence-corrected chi connectivity index (χ1v) is 12.8. The van der Waals surface area contributed by atoms with E-state index >= 15 is 0 Å². The van der Waals surface area contributed by atoms with Gasteiger partial charge < -0.3 is 35.0 Å². The number of phenols is 1. The lowest BCUT2D eigenvalue weighted by Gasteiger charge is -2.39. The number of nitrogens with zero attached hydrogens (tertiary/aromatic N) is 1. The molecule has 2 aliphatic rings. The molecule has 1 amide bonds. The van der Waals surface area contributed by atoms with Crippen LogP contribution in [0.2, 0.25) is 5.02 Å². The van der Waals surface area contributed by atoms with Gasteiger partial charge in [0.05, 0.1) is 30.4 Å². The predicted octanol–water partition coefficient (Wildman–Crippen LogP) is 3.05. The summed E-state index contributed by atoms with van der Waals surface area (Å²) in [6.45, 7) is 6.14. The molecule has 2 heterocycles. The Bertz CT molecular complexity index is 1070. The van der Waals surface area contributed by atoms with Gasteiger partial charge >= 0.3 is 0 Å². The number of rotatable bonds is 9. The summed E-state index contributed by atoms with van der Waals surface area (Å²) < 4.78 is 12.0. The number of halogens is 1. The zero-order chi connectivity index (χ0) is 25.9. The molecule has 0 aromatic heterocycles. The Kier molecular flexibility index (Phi) is 8.42. The number of fused-ring (bicyclic) bond motifs is 2. The molecule has 9 heteroatoms. The van der Waals surface area contributed by atoms with E-state index in [9.17, 15) is 20.1 Å². The van der Waals surface area contributed by atoms with E-state index in [0.717, 1.165) is 36.5 Å². The van der Waals surface area contributed by atoms with Crippen molar-refractivity contribution in [1.29, 1.82) is 0 Å². The predicted molar refractivity (Wildman–Crippen MR) is 136 cm³/mol. The van der Waals surface area contributed by atoms with E-state index in [1.54, 1.807) is 0 Å². The molecular weight excluding hydrogens is 484 g/mol. The minimum atomic E-state index is -0.784. The lowest BCUT2D eigenvalue weighted by atomic mass is 9.84. The molecule has 2 aliphatic heterocycles. The summed E-state index contributed by atoms with van der Waals surface area (Å²) in [7, 11) is 0. The van der Waals surface area contributed by atoms with E-state index in [2.05, 4.69) is 16.3 Å². The molecule has 4 rings (SSSR count). The van der Waals surface area contributed by atoms with Gasteiger partial charge in [-0.25, -0.2) is 0 Å². The van der Waals surface area contributed by atoms with Gasteiger partial charge in [-0.15, -0.1) is 0 Å². The second-order valence-corrected chi connectivity index (χ2v) is 10.5. The maximum absolute atomic E-state index is 12.8. The van der Waals surface area contributed by atoms with Crippen molar-refractivity contribution >= 4 is 17.5 Å². The number of carbonyl (C=O) groups excluding carboxylic acids is 1. The summed E-state index contributed by atoms with van der Waals surface area (Å²) in [4.78, 5) is 14.9. The molecular formula is C27H35ClN2O6. The van der Waals surface area contributed by atoms with E-state index < -0.39 is 18.1 Å². The van der Waals surface area contributed by atoms with Crippen LogP contribution in [0.15, 0.2) is 36.4 Å². The second-order valence-electron chi connectivity index (χ2n) is 10.0. The van der Waals surface area contributed by atoms with Gasteiger partial charge in [0.25, 0.3) is 5.91 Å². The number of ether oxygens (including phenoxy) is 2. The average Bonchev–Trinajstić information content (AvgIpc) is 3.19. The molecule has 2 aromatic carbocycles. The number of carbonyl (C=O) groups is 1. The van der Waals surface area contributed by atoms with Crippen molar-refractivity contribution in [2.75, 3.05) is 32.8 Å². The monoisotopic (exact) mass is 518 g/mol. The zero-order valence-electron chi connectivity index (χ0n) is 20.7. The molecule has 0 saturated carbocycles. The van der Waals surface area contributed by atoms with E-state index in [4.69, 9.17) is 21.1 Å². The van der Waals surface area contributed by atoms with Crippen LogP contribution < -0.4 is 10.1 Å². The van der Waals surface area contributed by atoms with E-state index in [1.165, 1.54) is 23.8 Å². The van der Waals surface area contributed by atoms with Gasteiger partial charge in [-0.2, -0.15) is 0 Å². The molecule has 36 heavy (non-hydrogen) atoms. The fraction of sp³-hybridized carbons (Fsp3) is 0.519. The summed E-state index contributed by atoms with van der Waals surface area (Å²) in [6.07, 6.45) is 0.871. The second kappa shape index (κ2) is 11.4. The fourth-order valence-electron chi connectivity index (χ4n) is 4.95. The van der Waals surface area contributed by atoms with Gasteiger partial charge in [0, 0.05) is 30.7 Å². The van der Waals surface area contributed by atoms with Crippen LogP contribution in [0.25, 0.3) is 0 Å². The third kappa shape index (κ3) is 5.95. The molecule has 1 fully saturated rings. The van der Waals surface area contributed by atoms with Gasteiger partial charge in [0.2, 0.25) is 0 Å². The Morgan fingerprint density at radius 3 is 2.67 bits per heavy atom. The quantitative estimate of drug-likeness (QED) is 0.403. The van der Waals surface area contributed by atoms with Crippen molar-refractivity contribution < 1.29 is 29.6 Å². The standard InChI is InChI=1S/C27H35ClN2O6/c1-17(2)24(14-31)29-26(34)22-5-4-20(32)12-25(22)35-16-21(33)13-30-9-7-27(8-10-30)23-6-3-19(28)11-18(23)15-36-27/h3-6,11-12,17,21,24,31-33H,7-10,13-16H2,1-2H3,(H,29,34)/t21-,24?/m0/s1. The SMILES string of the molecule is CC(C)C(CO)NC(=O)c1ccc(O)cc1OC[C@@H](O)CN1CCC2(CC1)OCc1cc(Cl)ccc12. The number of phenolic OH excluding ortho intramolecular Hbond substituents is 1. The normalized spacial score (nSPS) is 18.7. The molecule has 1 saturated heterocycles. The molecule has 0 bridgehead atoms. The number of aromatic hydroxyl groups is 1. The lowest BCUT2D eigenvalue weighted by molar-refractivity contribution is -0.0835. The first-order valence-electron chi connectivity index (χ1n) is 12.4. The highest BCUT2D eigenvalue weighted by atomic mass is 35.5. The largest absolute Gasteiger partial charge is 0.508 e. The minimum Gasteiger partial charge on any atom is -0.508 e. The summed E-state index contributed by atoms with van der Waals surface area (Å²) in [6, 6.07) is 9.78. The number of likely N-dealkylation sites (tertiary alicyclic amines) is 1. The third-order valence-corrected chi connectivity index (χ3v) is 7.39. The van der Waals surface area contributed by atoms with Crippen LogP contribution in [0, 0.1) is 5.92 Å². The van der Waals surface area contributed by atoms with Gasteiger partial charge in [-0.05, 0) is 54.2 Å². The van der Waals surface area contributed by atoms with Gasteiger partial charge in [0.15, 0.2) is 0 Å². The van der Waals surface area contributed by atoms with Crippen LogP contribution in [0.4, 0.5) is 0 Å². The highest BCUT2D eigenvalue weighted by Crippen LogP contribution is 2.44. The Morgan fingerprint density at radius 1 is 1.22 bits per heavy atom. The third-order valence-electron chi connectivity index (χ3n) is 7.15. The summed E-state index contributed by atoms with van der Waals surface area (Å²) >= 11 is 6.13. The summed E-state index contributed by atoms with van der Waals surface area (Å²) in [5, 5.41) is 33.6. The van der Waals surface area contributed by atoms with Gasteiger partial charge in [0.1, 0.15) is 24.2 Å². The summed E-state index contributed by atoms with van der Waals surface area (Å²) in [5.74, 6) is -0.226. The van der Waals surface area contributed by atoms with Crippen molar-refractivity contribution in [1.82, 2.24) is 10.2 Å². The Morgan fingerprint density at radius 2 is 1.97 bits per heavy atom. The number of β-amino-alcohol motifs (C(OH)–C–C–N with tert-alkyl or cyclic N) is 1. The lowest BCUT2D eigenvalue weighted by Crippen LogP contribution is -2.46. The van der Waals surface area contributed by atoms with Gasteiger partial charge in [-0.3, -0.25) is 4.79 Å². The maximum atomic E-state index is 12.8. The first kappa shape index (κ1) is 26.7. The smallest absolute Gasteiger partial charge is 0.255 e. The molecule has 4 N–H and O–H groups in total. The van der Waals surface area contributed by atoms with Crippen molar-refractivity contribution in [3.63, 3.8) is 0 Å². The molecule has 2 atom stereocenters. The van der Waals surface area contributed by atoms with Crippen LogP contribution in [-0.2, 0) is 16.9 Å².